The van der Waals surface area contributed by atoms with Crippen LogP contribution in [0.3, 0.4) is 0 Å². The van der Waals surface area contributed by atoms with E-state index in [2.05, 4.69) is 10.6 Å². The number of amides is 3. The maximum atomic E-state index is 12.6. The van der Waals surface area contributed by atoms with Crippen molar-refractivity contribution in [3.63, 3.8) is 0 Å². The molecule has 0 aliphatic carbocycles. The first-order valence-corrected chi connectivity index (χ1v) is 10.0. The van der Waals surface area contributed by atoms with Gasteiger partial charge in [-0.25, -0.2) is 4.79 Å². The van der Waals surface area contributed by atoms with Crippen LogP contribution in [0, 0.1) is 5.41 Å². The first-order valence-electron chi connectivity index (χ1n) is 10.0. The fourth-order valence-electron chi connectivity index (χ4n) is 4.07. The average molecular weight is 373 g/mol. The Morgan fingerprint density at radius 3 is 2.89 bits per heavy atom. The number of hydrogen-bond donors (Lipinski definition) is 2. The fraction of sp³-hybridized carbons (Fsp3) is 0.619. The zero-order chi connectivity index (χ0) is 19.3. The van der Waals surface area contributed by atoms with E-state index in [9.17, 15) is 9.59 Å². The number of rotatable bonds is 5. The maximum Gasteiger partial charge on any atom is 0.317 e. The number of benzene rings is 1. The number of carbonyl (C=O) groups is 2. The smallest absolute Gasteiger partial charge is 0.317 e. The highest BCUT2D eigenvalue weighted by Crippen LogP contribution is 2.36. The topological polar surface area (TPSA) is 70.7 Å². The lowest BCUT2D eigenvalue weighted by molar-refractivity contribution is -0.125. The van der Waals surface area contributed by atoms with Crippen LogP contribution in [-0.2, 0) is 11.2 Å². The standard InChI is InChI=1S/C21H31N3O3/c1-16(2)27-18-7-4-3-6-17(18)9-12-22-20(26)24-13-5-10-21(15-24)11-8-19(25)23-14-21/h3-4,6-7,16H,5,8-15H2,1-2H3,(H,22,26)(H,23,25)/t21-/m1/s1. The molecule has 1 aromatic rings. The van der Waals surface area contributed by atoms with Gasteiger partial charge in [-0.15, -0.1) is 0 Å². The monoisotopic (exact) mass is 373 g/mol. The second-order valence-corrected chi connectivity index (χ2v) is 8.06. The number of piperidine rings is 2. The Balaban J connectivity index is 1.50. The zero-order valence-corrected chi connectivity index (χ0v) is 16.4. The van der Waals surface area contributed by atoms with Crippen LogP contribution in [0.5, 0.6) is 5.75 Å². The van der Waals surface area contributed by atoms with Crippen LogP contribution in [0.25, 0.3) is 0 Å². The van der Waals surface area contributed by atoms with Gasteiger partial charge >= 0.3 is 6.03 Å². The van der Waals surface area contributed by atoms with Gasteiger partial charge in [0, 0.05) is 38.0 Å². The first kappa shape index (κ1) is 19.5. The van der Waals surface area contributed by atoms with Crippen LogP contribution in [-0.4, -0.2) is 49.1 Å². The third-order valence-corrected chi connectivity index (χ3v) is 5.50. The molecule has 2 saturated heterocycles. The molecule has 1 spiro atoms. The molecule has 3 rings (SSSR count). The summed E-state index contributed by atoms with van der Waals surface area (Å²) in [6, 6.07) is 7.98. The minimum Gasteiger partial charge on any atom is -0.491 e. The lowest BCUT2D eigenvalue weighted by atomic mass is 9.74. The number of nitrogens with one attached hydrogen (secondary N) is 2. The molecule has 2 N–H and O–H groups in total. The van der Waals surface area contributed by atoms with Crippen LogP contribution in [0.4, 0.5) is 4.79 Å². The molecule has 0 bridgehead atoms. The highest BCUT2D eigenvalue weighted by molar-refractivity contribution is 5.77. The number of ether oxygens (including phenoxy) is 1. The summed E-state index contributed by atoms with van der Waals surface area (Å²) in [6.07, 6.45) is 4.39. The summed E-state index contributed by atoms with van der Waals surface area (Å²) in [5.41, 5.74) is 1.16. The average Bonchev–Trinajstić information content (AvgIpc) is 2.65. The molecule has 6 heteroatoms. The zero-order valence-electron chi connectivity index (χ0n) is 16.4. The van der Waals surface area contributed by atoms with Crippen LogP contribution < -0.4 is 15.4 Å². The van der Waals surface area contributed by atoms with E-state index < -0.39 is 0 Å². The fourth-order valence-corrected chi connectivity index (χ4v) is 4.07. The van der Waals surface area contributed by atoms with E-state index in [4.69, 9.17) is 4.74 Å². The van der Waals surface area contributed by atoms with Crippen molar-refractivity contribution in [3.8, 4) is 5.75 Å². The van der Waals surface area contributed by atoms with Gasteiger partial charge in [0.15, 0.2) is 0 Å². The molecule has 0 saturated carbocycles. The van der Waals surface area contributed by atoms with E-state index in [1.807, 2.05) is 43.0 Å². The van der Waals surface area contributed by atoms with E-state index in [1.54, 1.807) is 0 Å². The van der Waals surface area contributed by atoms with Gasteiger partial charge in [0.25, 0.3) is 0 Å². The van der Waals surface area contributed by atoms with Gasteiger partial charge in [-0.2, -0.15) is 0 Å². The number of hydrogen-bond acceptors (Lipinski definition) is 3. The Morgan fingerprint density at radius 1 is 1.33 bits per heavy atom. The molecule has 1 aromatic carbocycles. The summed E-state index contributed by atoms with van der Waals surface area (Å²) in [4.78, 5) is 26.0. The molecule has 148 valence electrons. The summed E-state index contributed by atoms with van der Waals surface area (Å²) >= 11 is 0. The van der Waals surface area contributed by atoms with E-state index in [-0.39, 0.29) is 23.5 Å². The summed E-state index contributed by atoms with van der Waals surface area (Å²) in [6.45, 7) is 6.81. The van der Waals surface area contributed by atoms with Crippen LogP contribution in [0.15, 0.2) is 24.3 Å². The molecule has 0 aromatic heterocycles. The quantitative estimate of drug-likeness (QED) is 0.834. The highest BCUT2D eigenvalue weighted by Gasteiger charge is 2.39. The van der Waals surface area contributed by atoms with Crippen molar-refractivity contribution in [2.45, 2.75) is 52.1 Å². The van der Waals surface area contributed by atoms with Gasteiger partial charge in [0.2, 0.25) is 5.91 Å². The van der Waals surface area contributed by atoms with Crippen molar-refractivity contribution in [1.29, 1.82) is 0 Å². The Bertz CT molecular complexity index is 664. The normalized spacial score (nSPS) is 22.6. The number of urea groups is 1. The van der Waals surface area contributed by atoms with Crippen molar-refractivity contribution >= 4 is 11.9 Å². The lowest BCUT2D eigenvalue weighted by Gasteiger charge is -2.44. The van der Waals surface area contributed by atoms with Crippen molar-refractivity contribution < 1.29 is 14.3 Å². The summed E-state index contributed by atoms with van der Waals surface area (Å²) < 4.78 is 5.85. The minimum atomic E-state index is -0.00626. The number of carbonyl (C=O) groups excluding carboxylic acids is 2. The molecule has 1 atom stereocenters. The predicted octanol–water partition coefficient (Wildman–Crippen LogP) is 2.72. The Morgan fingerprint density at radius 2 is 2.15 bits per heavy atom. The molecule has 27 heavy (non-hydrogen) atoms. The minimum absolute atomic E-state index is 0.00626. The van der Waals surface area contributed by atoms with Crippen molar-refractivity contribution in [1.82, 2.24) is 15.5 Å². The summed E-state index contributed by atoms with van der Waals surface area (Å²) in [5.74, 6) is 1.01. The second-order valence-electron chi connectivity index (χ2n) is 8.06. The maximum absolute atomic E-state index is 12.6. The molecule has 2 heterocycles. The van der Waals surface area contributed by atoms with Gasteiger partial charge in [-0.3, -0.25) is 4.79 Å². The highest BCUT2D eigenvalue weighted by atomic mass is 16.5. The Hall–Kier alpha value is -2.24. The number of likely N-dealkylation sites (tertiary alicyclic amines) is 1. The number of para-hydroxylation sites is 1. The van der Waals surface area contributed by atoms with Crippen molar-refractivity contribution in [2.75, 3.05) is 26.2 Å². The van der Waals surface area contributed by atoms with E-state index >= 15 is 0 Å². The van der Waals surface area contributed by atoms with Gasteiger partial charge in [-0.05, 0) is 51.2 Å². The van der Waals surface area contributed by atoms with Crippen molar-refractivity contribution in [3.05, 3.63) is 29.8 Å². The van der Waals surface area contributed by atoms with E-state index in [0.717, 1.165) is 50.1 Å². The Labute approximate surface area is 161 Å². The number of nitrogens with zero attached hydrogens (tertiary/aromatic N) is 1. The SMILES string of the molecule is CC(C)Oc1ccccc1CCNC(=O)N1CCC[C@]2(CCC(=O)NC2)C1. The van der Waals surface area contributed by atoms with Crippen LogP contribution in [0.2, 0.25) is 0 Å². The molecular formula is C21H31N3O3. The third kappa shape index (κ3) is 5.15. The summed E-state index contributed by atoms with van der Waals surface area (Å²) in [7, 11) is 0. The van der Waals surface area contributed by atoms with Crippen LogP contribution >= 0.6 is 0 Å². The molecular weight excluding hydrogens is 342 g/mol. The third-order valence-electron chi connectivity index (χ3n) is 5.50. The molecule has 3 amide bonds. The second kappa shape index (κ2) is 8.63. The van der Waals surface area contributed by atoms with Crippen LogP contribution in [0.1, 0.15) is 45.1 Å². The molecule has 2 aliphatic heterocycles. The molecule has 2 aliphatic rings. The lowest BCUT2D eigenvalue weighted by Crippen LogP contribution is -2.55. The first-order chi connectivity index (χ1) is 13.0. The van der Waals surface area contributed by atoms with E-state index in [0.29, 0.717) is 19.5 Å². The predicted molar refractivity (Wildman–Crippen MR) is 105 cm³/mol. The van der Waals surface area contributed by atoms with Crippen molar-refractivity contribution in [2.24, 2.45) is 5.41 Å². The Kier molecular flexibility index (Phi) is 6.24. The van der Waals surface area contributed by atoms with Gasteiger partial charge in [0.1, 0.15) is 5.75 Å². The molecule has 2 fully saturated rings. The van der Waals surface area contributed by atoms with Gasteiger partial charge in [-0.1, -0.05) is 18.2 Å². The molecule has 0 radical (unpaired) electrons. The van der Waals surface area contributed by atoms with E-state index in [1.165, 1.54) is 0 Å². The van der Waals surface area contributed by atoms with Gasteiger partial charge in [0.05, 0.1) is 6.10 Å². The van der Waals surface area contributed by atoms with Gasteiger partial charge < -0.3 is 20.3 Å². The largest absolute Gasteiger partial charge is 0.491 e. The molecule has 6 nitrogen and oxygen atoms in total. The molecule has 0 unspecified atom stereocenters. The summed E-state index contributed by atoms with van der Waals surface area (Å²) in [5, 5.41) is 6.03.